The summed E-state index contributed by atoms with van der Waals surface area (Å²) in [4.78, 5) is 32.8. The van der Waals surface area contributed by atoms with E-state index in [1.54, 1.807) is 0 Å². The molecule has 0 unspecified atom stereocenters. The Morgan fingerprint density at radius 2 is 0.612 bits per heavy atom. The van der Waals surface area contributed by atoms with Crippen LogP contribution in [0.4, 0.5) is 0 Å². The second kappa shape index (κ2) is 40.4. The highest BCUT2D eigenvalue weighted by atomic mass is 16.6. The topological polar surface area (TPSA) is 191 Å². The number of esters is 2. The summed E-state index contributed by atoms with van der Waals surface area (Å²) in [5, 5.41) is 8.55. The van der Waals surface area contributed by atoms with Crippen LogP contribution in [-0.2, 0) is 76.0 Å². The highest BCUT2D eigenvalue weighted by Crippen LogP contribution is 2.01. The van der Waals surface area contributed by atoms with Crippen molar-refractivity contribution < 1.29 is 81.1 Å². The molecule has 1 N–H and O–H groups in total. The van der Waals surface area contributed by atoms with Gasteiger partial charge < -0.3 is 66.7 Å². The van der Waals surface area contributed by atoms with Crippen LogP contribution in [0.3, 0.4) is 0 Å². The number of aliphatic carboxylic acids is 1. The van der Waals surface area contributed by atoms with Gasteiger partial charge in [-0.25, -0.2) is 0 Å². The molecule has 0 aromatic heterocycles. The lowest BCUT2D eigenvalue weighted by Gasteiger charge is -2.09. The number of carbonyl (C=O) groups excluding carboxylic acids is 2. The normalized spacial score (nSPS) is 11.2. The molecular weight excluding hydrogens is 656 g/mol. The molecule has 0 radical (unpaired) electrons. The molecule has 0 aliphatic rings. The second-order valence-electron chi connectivity index (χ2n) is 9.88. The average molecular weight is 717 g/mol. The van der Waals surface area contributed by atoms with Crippen molar-refractivity contribution in [2.24, 2.45) is 0 Å². The van der Waals surface area contributed by atoms with Gasteiger partial charge in [0, 0.05) is 12.8 Å². The molecular formula is C32H60O17. The SMILES string of the molecule is COC(=O)CCOCCOCCOCCOCCOCCOCCOCCOCCOCCOCCOCCOC(=O)CCCCC(=O)O. The van der Waals surface area contributed by atoms with E-state index in [1.807, 2.05) is 0 Å². The smallest absolute Gasteiger partial charge is 0.307 e. The number of hydrogen-bond acceptors (Lipinski definition) is 16. The molecule has 0 saturated heterocycles. The lowest BCUT2D eigenvalue weighted by molar-refractivity contribution is -0.146. The standard InChI is InChI=1S/C32H60O17/c1-37-31(35)6-7-38-8-9-39-10-11-40-12-13-41-14-15-42-16-17-43-18-19-44-20-21-45-22-23-46-24-25-47-26-27-48-28-29-49-32(36)5-3-2-4-30(33)34/h2-29H2,1H3,(H,33,34). The monoisotopic (exact) mass is 716 g/mol. The van der Waals surface area contributed by atoms with Crippen LogP contribution in [0.25, 0.3) is 0 Å². The van der Waals surface area contributed by atoms with Crippen molar-refractivity contribution in [2.45, 2.75) is 32.1 Å². The Labute approximate surface area is 290 Å². The van der Waals surface area contributed by atoms with E-state index in [4.69, 9.17) is 61.9 Å². The highest BCUT2D eigenvalue weighted by Gasteiger charge is 2.04. The van der Waals surface area contributed by atoms with Gasteiger partial charge in [-0.1, -0.05) is 0 Å². The molecule has 0 aromatic carbocycles. The Balaban J connectivity index is 3.10. The van der Waals surface area contributed by atoms with Crippen molar-refractivity contribution in [1.82, 2.24) is 0 Å². The Bertz CT molecular complexity index is 728. The van der Waals surface area contributed by atoms with E-state index in [0.29, 0.717) is 152 Å². The third-order valence-electron chi connectivity index (χ3n) is 5.91. The number of unbranched alkanes of at least 4 members (excludes halogenated alkanes) is 1. The summed E-state index contributed by atoms with van der Waals surface area (Å²) in [7, 11) is 1.35. The molecule has 17 nitrogen and oxygen atoms in total. The Hall–Kier alpha value is -2.03. The lowest BCUT2D eigenvalue weighted by atomic mass is 10.2. The largest absolute Gasteiger partial charge is 0.481 e. The van der Waals surface area contributed by atoms with Crippen LogP contribution in [0.1, 0.15) is 32.1 Å². The summed E-state index contributed by atoms with van der Waals surface area (Å²) < 4.78 is 69.0. The molecule has 49 heavy (non-hydrogen) atoms. The summed E-state index contributed by atoms with van der Waals surface area (Å²) in [6.45, 7) is 9.88. The molecule has 0 saturated carbocycles. The minimum atomic E-state index is -0.866. The molecule has 0 rings (SSSR count). The van der Waals surface area contributed by atoms with Gasteiger partial charge in [-0.3, -0.25) is 14.4 Å². The van der Waals surface area contributed by atoms with E-state index in [1.165, 1.54) is 7.11 Å². The molecule has 0 amide bonds. The fraction of sp³-hybridized carbons (Fsp3) is 0.906. The second-order valence-corrected chi connectivity index (χ2v) is 9.88. The molecule has 17 heteroatoms. The van der Waals surface area contributed by atoms with Gasteiger partial charge >= 0.3 is 17.9 Å². The first-order chi connectivity index (χ1) is 24.1. The first-order valence-electron chi connectivity index (χ1n) is 16.9. The van der Waals surface area contributed by atoms with Crippen molar-refractivity contribution in [2.75, 3.05) is 159 Å². The van der Waals surface area contributed by atoms with E-state index in [9.17, 15) is 14.4 Å². The fourth-order valence-electron chi connectivity index (χ4n) is 3.39. The van der Waals surface area contributed by atoms with Crippen molar-refractivity contribution >= 4 is 17.9 Å². The van der Waals surface area contributed by atoms with Crippen molar-refractivity contribution in [1.29, 1.82) is 0 Å². The summed E-state index contributed by atoms with van der Waals surface area (Å²) in [5.41, 5.74) is 0. The zero-order chi connectivity index (χ0) is 35.7. The van der Waals surface area contributed by atoms with Crippen LogP contribution >= 0.6 is 0 Å². The van der Waals surface area contributed by atoms with Crippen LogP contribution < -0.4 is 0 Å². The molecule has 0 aliphatic carbocycles. The lowest BCUT2D eigenvalue weighted by Crippen LogP contribution is -2.15. The number of carboxylic acid groups (broad SMARTS) is 1. The van der Waals surface area contributed by atoms with Gasteiger partial charge in [0.1, 0.15) is 6.61 Å². The van der Waals surface area contributed by atoms with E-state index < -0.39 is 5.97 Å². The van der Waals surface area contributed by atoms with E-state index >= 15 is 0 Å². The zero-order valence-electron chi connectivity index (χ0n) is 29.3. The van der Waals surface area contributed by atoms with Gasteiger partial charge in [0.15, 0.2) is 0 Å². The zero-order valence-corrected chi connectivity index (χ0v) is 29.3. The maximum absolute atomic E-state index is 11.5. The molecule has 0 aliphatic heterocycles. The summed E-state index contributed by atoms with van der Waals surface area (Å²) >= 11 is 0. The molecule has 0 fully saturated rings. The molecule has 0 bridgehead atoms. The molecule has 0 heterocycles. The Kier molecular flexibility index (Phi) is 38.7. The van der Waals surface area contributed by atoms with Crippen LogP contribution in [0.15, 0.2) is 0 Å². The predicted octanol–water partition coefficient (Wildman–Crippen LogP) is 0.920. The minimum Gasteiger partial charge on any atom is -0.481 e. The Morgan fingerprint density at radius 3 is 0.898 bits per heavy atom. The van der Waals surface area contributed by atoms with Crippen LogP contribution in [0, 0.1) is 0 Å². The van der Waals surface area contributed by atoms with Crippen LogP contribution in [-0.4, -0.2) is 182 Å². The average Bonchev–Trinajstić information content (AvgIpc) is 3.09. The summed E-state index contributed by atoms with van der Waals surface area (Å²) in [6.07, 6.45) is 1.46. The molecule has 290 valence electrons. The van der Waals surface area contributed by atoms with Gasteiger partial charge in [-0.15, -0.1) is 0 Å². The van der Waals surface area contributed by atoms with Gasteiger partial charge in [0.2, 0.25) is 0 Å². The number of methoxy groups -OCH3 is 1. The van der Waals surface area contributed by atoms with Gasteiger partial charge in [-0.05, 0) is 12.8 Å². The molecule has 0 spiro atoms. The summed E-state index contributed by atoms with van der Waals surface area (Å²) in [5.74, 6) is -1.51. The van der Waals surface area contributed by atoms with Gasteiger partial charge in [-0.2, -0.15) is 0 Å². The van der Waals surface area contributed by atoms with E-state index in [2.05, 4.69) is 4.74 Å². The number of hydrogen-bond donors (Lipinski definition) is 1. The maximum Gasteiger partial charge on any atom is 0.307 e. The van der Waals surface area contributed by atoms with E-state index in [0.717, 1.165) is 0 Å². The highest BCUT2D eigenvalue weighted by molar-refractivity contribution is 5.70. The third kappa shape index (κ3) is 42.1. The van der Waals surface area contributed by atoms with Gasteiger partial charge in [0.25, 0.3) is 0 Å². The first-order valence-corrected chi connectivity index (χ1v) is 16.9. The minimum absolute atomic E-state index is 0.0565. The van der Waals surface area contributed by atoms with Gasteiger partial charge in [0.05, 0.1) is 159 Å². The van der Waals surface area contributed by atoms with Crippen molar-refractivity contribution in [3.8, 4) is 0 Å². The Morgan fingerprint density at radius 1 is 0.347 bits per heavy atom. The predicted molar refractivity (Wildman–Crippen MR) is 173 cm³/mol. The van der Waals surface area contributed by atoms with Crippen LogP contribution in [0.2, 0.25) is 0 Å². The number of ether oxygens (including phenoxy) is 13. The molecule has 0 atom stereocenters. The number of carboxylic acids is 1. The fourth-order valence-corrected chi connectivity index (χ4v) is 3.39. The maximum atomic E-state index is 11.5. The van der Waals surface area contributed by atoms with Crippen molar-refractivity contribution in [3.63, 3.8) is 0 Å². The number of carbonyl (C=O) groups is 3. The molecule has 0 aromatic rings. The number of rotatable bonds is 41. The van der Waals surface area contributed by atoms with Crippen molar-refractivity contribution in [3.05, 3.63) is 0 Å². The summed E-state index contributed by atoms with van der Waals surface area (Å²) in [6, 6.07) is 0. The quantitative estimate of drug-likeness (QED) is 0.0693. The van der Waals surface area contributed by atoms with Crippen LogP contribution in [0.5, 0.6) is 0 Å². The van der Waals surface area contributed by atoms with E-state index in [-0.39, 0.29) is 44.4 Å². The third-order valence-corrected chi connectivity index (χ3v) is 5.91. The first kappa shape index (κ1) is 47.0.